The van der Waals surface area contributed by atoms with Crippen molar-refractivity contribution < 1.29 is 37.3 Å². The number of ether oxygens (including phenoxy) is 2. The number of unbranched alkanes of at least 4 members (excludes halogenated alkanes) is 22. The number of hydrogen-bond donors (Lipinski definition) is 1. The van der Waals surface area contributed by atoms with E-state index in [0.717, 1.165) is 51.4 Å². The first kappa shape index (κ1) is 56.5. The van der Waals surface area contributed by atoms with Crippen LogP contribution in [0.5, 0.6) is 0 Å². The summed E-state index contributed by atoms with van der Waals surface area (Å²) in [4.78, 5) is 22.9. The van der Waals surface area contributed by atoms with Crippen LogP contribution >= 0.6 is 7.82 Å². The van der Waals surface area contributed by atoms with Crippen molar-refractivity contribution in [3.8, 4) is 0 Å². The number of carbonyl (C=O) groups excluding carboxylic acids is 1. The molecular weight excluding hydrogens is 746 g/mol. The highest BCUT2D eigenvalue weighted by atomic mass is 31.2. The van der Waals surface area contributed by atoms with Gasteiger partial charge in [-0.1, -0.05) is 165 Å². The Morgan fingerprint density at radius 3 is 1.43 bits per heavy atom. The first-order valence-electron chi connectivity index (χ1n) is 23.9. The van der Waals surface area contributed by atoms with E-state index in [1.165, 1.54) is 128 Å². The molecule has 8 nitrogen and oxygen atoms in total. The molecule has 0 saturated heterocycles. The zero-order chi connectivity index (χ0) is 42.7. The van der Waals surface area contributed by atoms with Crippen LogP contribution in [0.2, 0.25) is 0 Å². The van der Waals surface area contributed by atoms with Gasteiger partial charge >= 0.3 is 13.8 Å². The Kier molecular flexibility index (Phi) is 41.0. The maximum Gasteiger partial charge on any atom is 0.472 e. The number of hydrogen-bond acceptors (Lipinski definition) is 6. The van der Waals surface area contributed by atoms with Gasteiger partial charge in [0.15, 0.2) is 0 Å². The molecule has 0 fully saturated rings. The lowest BCUT2D eigenvalue weighted by atomic mass is 10.1. The molecule has 0 aliphatic heterocycles. The predicted molar refractivity (Wildman–Crippen MR) is 247 cm³/mol. The van der Waals surface area contributed by atoms with Crippen molar-refractivity contribution in [1.29, 1.82) is 0 Å². The van der Waals surface area contributed by atoms with Crippen molar-refractivity contribution in [3.63, 3.8) is 0 Å². The van der Waals surface area contributed by atoms with Crippen LogP contribution in [0.25, 0.3) is 0 Å². The first-order chi connectivity index (χ1) is 28.1. The molecule has 0 aromatic rings. The average molecular weight is 839 g/mol. The smallest absolute Gasteiger partial charge is 0.457 e. The van der Waals surface area contributed by atoms with Crippen LogP contribution in [0.4, 0.5) is 0 Å². The molecule has 0 rings (SSSR count). The van der Waals surface area contributed by atoms with Gasteiger partial charge in [0.25, 0.3) is 0 Å². The standard InChI is InChI=1S/C49H92NO7P/c1-6-8-10-12-14-16-18-20-22-24-25-27-29-31-33-35-37-39-41-44-54-46-48(47-56-58(52,53)55-45-43-50(3,4)5)57-49(51)42-40-38-36-34-32-30-28-26-23-21-19-17-15-13-11-9-7-2/h15-18,21-24,48H,6-14,19-20,25-47H2,1-5H3/p+1/b17-15-,18-16-,23-21-,24-22-. The molecule has 1 N–H and O–H groups in total. The van der Waals surface area contributed by atoms with Gasteiger partial charge in [0, 0.05) is 13.0 Å². The van der Waals surface area contributed by atoms with E-state index in [0.29, 0.717) is 24.1 Å². The van der Waals surface area contributed by atoms with Crippen molar-refractivity contribution in [1.82, 2.24) is 0 Å². The highest BCUT2D eigenvalue weighted by molar-refractivity contribution is 7.47. The van der Waals surface area contributed by atoms with Crippen molar-refractivity contribution in [2.45, 2.75) is 206 Å². The van der Waals surface area contributed by atoms with E-state index in [4.69, 9.17) is 18.5 Å². The number of rotatable bonds is 44. The summed E-state index contributed by atoms with van der Waals surface area (Å²) in [6, 6.07) is 0. The molecule has 2 unspecified atom stereocenters. The monoisotopic (exact) mass is 839 g/mol. The predicted octanol–water partition coefficient (Wildman–Crippen LogP) is 14.3. The Balaban J connectivity index is 4.21. The molecule has 0 amide bonds. The Bertz CT molecular complexity index is 1070. The molecule has 340 valence electrons. The van der Waals surface area contributed by atoms with Crippen molar-refractivity contribution >= 4 is 13.8 Å². The molecule has 2 atom stereocenters. The van der Waals surface area contributed by atoms with Crippen LogP contribution in [0.1, 0.15) is 200 Å². The number of carbonyl (C=O) groups is 1. The summed E-state index contributed by atoms with van der Waals surface area (Å²) in [5, 5.41) is 0. The normalized spacial score (nSPS) is 14.1. The van der Waals surface area contributed by atoms with Gasteiger partial charge in [0.1, 0.15) is 19.3 Å². The Morgan fingerprint density at radius 1 is 0.534 bits per heavy atom. The minimum atomic E-state index is -4.28. The molecule has 9 heteroatoms. The Morgan fingerprint density at radius 2 is 0.948 bits per heavy atom. The number of esters is 1. The highest BCUT2D eigenvalue weighted by Gasteiger charge is 2.26. The largest absolute Gasteiger partial charge is 0.472 e. The van der Waals surface area contributed by atoms with Crippen LogP contribution < -0.4 is 0 Å². The second-order valence-electron chi connectivity index (χ2n) is 17.1. The fourth-order valence-corrected chi connectivity index (χ4v) is 7.12. The Hall–Kier alpha value is -1.54. The van der Waals surface area contributed by atoms with E-state index in [1.54, 1.807) is 0 Å². The number of quaternary nitrogens is 1. The lowest BCUT2D eigenvalue weighted by molar-refractivity contribution is -0.870. The minimum absolute atomic E-state index is 0.0845. The molecule has 0 aromatic heterocycles. The minimum Gasteiger partial charge on any atom is -0.457 e. The third-order valence-electron chi connectivity index (χ3n) is 10.1. The van der Waals surface area contributed by atoms with Crippen molar-refractivity contribution in [3.05, 3.63) is 48.6 Å². The van der Waals surface area contributed by atoms with Crippen molar-refractivity contribution in [2.24, 2.45) is 0 Å². The quantitative estimate of drug-likeness (QED) is 0.0215. The highest BCUT2D eigenvalue weighted by Crippen LogP contribution is 2.43. The first-order valence-corrected chi connectivity index (χ1v) is 25.4. The summed E-state index contributed by atoms with van der Waals surface area (Å²) >= 11 is 0. The van der Waals surface area contributed by atoms with Crippen LogP contribution in [-0.4, -0.2) is 75.6 Å². The second kappa shape index (κ2) is 42.2. The van der Waals surface area contributed by atoms with E-state index in [2.05, 4.69) is 62.5 Å². The second-order valence-corrected chi connectivity index (χ2v) is 18.6. The van der Waals surface area contributed by atoms with E-state index in [9.17, 15) is 14.3 Å². The van der Waals surface area contributed by atoms with Gasteiger partial charge in [-0.15, -0.1) is 0 Å². The van der Waals surface area contributed by atoms with E-state index < -0.39 is 13.9 Å². The van der Waals surface area contributed by atoms with Gasteiger partial charge in [-0.25, -0.2) is 4.57 Å². The molecular formula is C49H93NO7P+. The molecule has 0 heterocycles. The van der Waals surface area contributed by atoms with Gasteiger partial charge in [-0.2, -0.15) is 0 Å². The van der Waals surface area contributed by atoms with Crippen LogP contribution in [0, 0.1) is 0 Å². The van der Waals surface area contributed by atoms with E-state index in [1.807, 2.05) is 21.1 Å². The van der Waals surface area contributed by atoms with E-state index >= 15 is 0 Å². The summed E-state index contributed by atoms with van der Waals surface area (Å²) < 4.78 is 35.1. The fourth-order valence-electron chi connectivity index (χ4n) is 6.38. The van der Waals surface area contributed by atoms with Crippen LogP contribution in [0.3, 0.4) is 0 Å². The zero-order valence-electron chi connectivity index (χ0n) is 38.5. The molecule has 0 aliphatic rings. The molecule has 0 spiro atoms. The number of phosphoric acid groups is 1. The lowest BCUT2D eigenvalue weighted by Crippen LogP contribution is -2.37. The summed E-state index contributed by atoms with van der Waals surface area (Å²) in [6.45, 7) is 5.57. The van der Waals surface area contributed by atoms with E-state index in [-0.39, 0.29) is 25.8 Å². The van der Waals surface area contributed by atoms with Gasteiger partial charge < -0.3 is 18.9 Å². The molecule has 58 heavy (non-hydrogen) atoms. The summed E-state index contributed by atoms with van der Waals surface area (Å²) in [6.07, 6.45) is 51.4. The summed E-state index contributed by atoms with van der Waals surface area (Å²) in [7, 11) is 1.66. The summed E-state index contributed by atoms with van der Waals surface area (Å²) in [5.41, 5.74) is 0. The van der Waals surface area contributed by atoms with Gasteiger partial charge in [0.2, 0.25) is 0 Å². The molecule has 0 radical (unpaired) electrons. The number of phosphoric ester groups is 1. The van der Waals surface area contributed by atoms with Crippen LogP contribution in [-0.2, 0) is 27.9 Å². The fraction of sp³-hybridized carbons (Fsp3) is 0.816. The zero-order valence-corrected chi connectivity index (χ0v) is 39.4. The number of allylic oxidation sites excluding steroid dienone is 8. The topological polar surface area (TPSA) is 91.3 Å². The SMILES string of the molecule is CCCCC/C=C\C/C=C\CCCCCCCCCC(=O)OC(COCCCCCCCCCC/C=C\C/C=C\CCCCCC)COP(=O)(O)OCC[N+](C)(C)C. The third-order valence-corrected chi connectivity index (χ3v) is 11.1. The van der Waals surface area contributed by atoms with Gasteiger partial charge in [-0.05, 0) is 77.0 Å². The summed E-state index contributed by atoms with van der Waals surface area (Å²) in [5.74, 6) is -0.324. The molecule has 0 aliphatic carbocycles. The maximum atomic E-state index is 12.7. The molecule has 0 aromatic carbocycles. The van der Waals surface area contributed by atoms with Crippen molar-refractivity contribution in [2.75, 3.05) is 54.1 Å². The lowest BCUT2D eigenvalue weighted by Gasteiger charge is -2.24. The number of nitrogens with zero attached hydrogens (tertiary/aromatic N) is 1. The third kappa shape index (κ3) is 45.5. The maximum absolute atomic E-state index is 12.7. The molecule has 0 bridgehead atoms. The molecule has 0 saturated carbocycles. The van der Waals surface area contributed by atoms with Gasteiger partial charge in [0.05, 0.1) is 34.4 Å². The Labute approximate surface area is 358 Å². The van der Waals surface area contributed by atoms with Crippen LogP contribution in [0.15, 0.2) is 48.6 Å². The number of likely N-dealkylation sites (N-methyl/N-ethyl adjacent to an activating group) is 1. The average Bonchev–Trinajstić information content (AvgIpc) is 3.18. The van der Waals surface area contributed by atoms with Gasteiger partial charge in [-0.3, -0.25) is 13.8 Å².